The van der Waals surface area contributed by atoms with Gasteiger partial charge in [0.15, 0.2) is 0 Å². The molecule has 2 rings (SSSR count). The molecule has 2 unspecified atom stereocenters. The van der Waals surface area contributed by atoms with E-state index in [1.807, 2.05) is 29.2 Å². The van der Waals surface area contributed by atoms with Gasteiger partial charge < -0.3 is 15.4 Å². The van der Waals surface area contributed by atoms with Gasteiger partial charge in [-0.05, 0) is 36.5 Å². The number of methoxy groups -OCH3 is 1. The third-order valence-electron chi connectivity index (χ3n) is 4.17. The van der Waals surface area contributed by atoms with Crippen molar-refractivity contribution in [3.05, 3.63) is 29.8 Å². The molecule has 2 N–H and O–H groups in total. The van der Waals surface area contributed by atoms with Gasteiger partial charge in [0.1, 0.15) is 5.75 Å². The summed E-state index contributed by atoms with van der Waals surface area (Å²) in [5.74, 6) is 1.45. The molecule has 1 aliphatic heterocycles. The molecule has 4 nitrogen and oxygen atoms in total. The largest absolute Gasteiger partial charge is 0.497 e. The summed E-state index contributed by atoms with van der Waals surface area (Å²) in [6, 6.07) is 7.87. The van der Waals surface area contributed by atoms with Crippen LogP contribution in [0, 0.1) is 5.92 Å². The molecule has 21 heavy (non-hydrogen) atoms. The van der Waals surface area contributed by atoms with E-state index in [-0.39, 0.29) is 24.4 Å². The number of piperidine rings is 1. The molecular formula is C16H25ClN2O2. The highest BCUT2D eigenvalue weighted by atomic mass is 35.5. The normalized spacial score (nSPS) is 21.6. The van der Waals surface area contributed by atoms with Crippen molar-refractivity contribution >= 4 is 18.3 Å². The Kier molecular flexibility index (Phi) is 6.99. The summed E-state index contributed by atoms with van der Waals surface area (Å²) in [5.41, 5.74) is 6.84. The fourth-order valence-corrected chi connectivity index (χ4v) is 2.98. The summed E-state index contributed by atoms with van der Waals surface area (Å²) in [6.07, 6.45) is 2.65. The van der Waals surface area contributed by atoms with Gasteiger partial charge in [0.2, 0.25) is 5.91 Å². The van der Waals surface area contributed by atoms with Crippen molar-refractivity contribution in [3.63, 3.8) is 0 Å². The van der Waals surface area contributed by atoms with Gasteiger partial charge in [-0.15, -0.1) is 12.4 Å². The average Bonchev–Trinajstić information content (AvgIpc) is 2.47. The van der Waals surface area contributed by atoms with E-state index in [1.165, 1.54) is 0 Å². The fraction of sp³-hybridized carbons (Fsp3) is 0.562. The predicted octanol–water partition coefficient (Wildman–Crippen LogP) is 2.25. The van der Waals surface area contributed by atoms with Crippen molar-refractivity contribution < 1.29 is 9.53 Å². The van der Waals surface area contributed by atoms with Gasteiger partial charge in [-0.3, -0.25) is 4.79 Å². The van der Waals surface area contributed by atoms with Gasteiger partial charge in [0, 0.05) is 19.1 Å². The van der Waals surface area contributed by atoms with Gasteiger partial charge >= 0.3 is 0 Å². The highest BCUT2D eigenvalue weighted by molar-refractivity contribution is 5.85. The van der Waals surface area contributed by atoms with Crippen LogP contribution in [0.4, 0.5) is 0 Å². The summed E-state index contributed by atoms with van der Waals surface area (Å²) in [4.78, 5) is 14.5. The van der Waals surface area contributed by atoms with Gasteiger partial charge in [-0.25, -0.2) is 0 Å². The summed E-state index contributed by atoms with van der Waals surface area (Å²) >= 11 is 0. The second-order valence-electron chi connectivity index (χ2n) is 5.54. The van der Waals surface area contributed by atoms with Crippen LogP contribution in [0.15, 0.2) is 24.3 Å². The molecule has 0 spiro atoms. The number of hydrogen-bond donors (Lipinski definition) is 1. The van der Waals surface area contributed by atoms with E-state index in [1.54, 1.807) is 7.11 Å². The highest BCUT2D eigenvalue weighted by Gasteiger charge is 2.30. The molecule has 0 saturated carbocycles. The second kappa shape index (κ2) is 8.25. The van der Waals surface area contributed by atoms with E-state index in [0.29, 0.717) is 18.9 Å². The molecule has 0 aliphatic carbocycles. The Labute approximate surface area is 133 Å². The van der Waals surface area contributed by atoms with Gasteiger partial charge in [0.25, 0.3) is 0 Å². The molecule has 0 aromatic heterocycles. The maximum absolute atomic E-state index is 12.5. The summed E-state index contributed by atoms with van der Waals surface area (Å²) < 4.78 is 5.20. The maximum Gasteiger partial charge on any atom is 0.227 e. The number of ether oxygens (including phenoxy) is 1. The van der Waals surface area contributed by atoms with Crippen molar-refractivity contribution in [2.45, 2.75) is 32.2 Å². The minimum absolute atomic E-state index is 0. The van der Waals surface area contributed by atoms with Crippen LogP contribution in [-0.2, 0) is 11.2 Å². The van der Waals surface area contributed by atoms with E-state index in [0.717, 1.165) is 30.7 Å². The molecule has 2 atom stereocenters. The first-order chi connectivity index (χ1) is 9.65. The number of carbonyl (C=O) groups is 1. The number of nitrogens with two attached hydrogens (primary N) is 1. The zero-order valence-corrected chi connectivity index (χ0v) is 13.6. The first-order valence-corrected chi connectivity index (χ1v) is 7.28. The average molecular weight is 313 g/mol. The van der Waals surface area contributed by atoms with E-state index >= 15 is 0 Å². The number of nitrogens with zero attached hydrogens (tertiary/aromatic N) is 1. The topological polar surface area (TPSA) is 55.6 Å². The predicted molar refractivity (Wildman–Crippen MR) is 86.9 cm³/mol. The molecule has 118 valence electrons. The molecule has 1 aromatic carbocycles. The lowest BCUT2D eigenvalue weighted by atomic mass is 9.90. The first-order valence-electron chi connectivity index (χ1n) is 7.28. The zero-order chi connectivity index (χ0) is 14.5. The summed E-state index contributed by atoms with van der Waals surface area (Å²) in [6.45, 7) is 3.56. The van der Waals surface area contributed by atoms with Crippen LogP contribution in [0.25, 0.3) is 0 Å². The van der Waals surface area contributed by atoms with Crippen LogP contribution < -0.4 is 10.5 Å². The fourth-order valence-electron chi connectivity index (χ4n) is 2.98. The smallest absolute Gasteiger partial charge is 0.227 e. The maximum atomic E-state index is 12.5. The van der Waals surface area contributed by atoms with Crippen LogP contribution in [-0.4, -0.2) is 37.0 Å². The molecule has 1 saturated heterocycles. The highest BCUT2D eigenvalue weighted by Crippen LogP contribution is 2.23. The Morgan fingerprint density at radius 2 is 2.24 bits per heavy atom. The molecular weight excluding hydrogens is 288 g/mol. The number of carbonyl (C=O) groups excluding carboxylic acids is 1. The van der Waals surface area contributed by atoms with Gasteiger partial charge in [-0.1, -0.05) is 19.1 Å². The second-order valence-corrected chi connectivity index (χ2v) is 5.54. The number of rotatable bonds is 4. The first kappa shape index (κ1) is 17.8. The van der Waals surface area contributed by atoms with Crippen molar-refractivity contribution in [2.24, 2.45) is 11.7 Å². The van der Waals surface area contributed by atoms with Crippen molar-refractivity contribution in [1.82, 2.24) is 4.90 Å². The number of likely N-dealkylation sites (tertiary alicyclic amines) is 1. The molecule has 0 radical (unpaired) electrons. The quantitative estimate of drug-likeness (QED) is 0.927. The van der Waals surface area contributed by atoms with Gasteiger partial charge in [-0.2, -0.15) is 0 Å². The lowest BCUT2D eigenvalue weighted by Gasteiger charge is -2.39. The number of hydrogen-bond acceptors (Lipinski definition) is 3. The van der Waals surface area contributed by atoms with Crippen LogP contribution >= 0.6 is 12.4 Å². The lowest BCUT2D eigenvalue weighted by Crippen LogP contribution is -2.51. The zero-order valence-electron chi connectivity index (χ0n) is 12.7. The Morgan fingerprint density at radius 1 is 1.48 bits per heavy atom. The lowest BCUT2D eigenvalue weighted by molar-refractivity contribution is -0.135. The van der Waals surface area contributed by atoms with Crippen LogP contribution in [0.5, 0.6) is 5.75 Å². The Morgan fingerprint density at radius 3 is 2.90 bits per heavy atom. The molecule has 1 aliphatic rings. The summed E-state index contributed by atoms with van der Waals surface area (Å²) in [5, 5.41) is 0. The van der Waals surface area contributed by atoms with Crippen molar-refractivity contribution in [1.29, 1.82) is 0 Å². The van der Waals surface area contributed by atoms with Gasteiger partial charge in [0.05, 0.1) is 13.5 Å². The Balaban J connectivity index is 0.00000220. The number of benzene rings is 1. The molecule has 1 amide bonds. The standard InChI is InChI=1S/C16H24N2O2.ClH/c1-12-5-4-8-18(15(12)11-17)16(19)10-13-6-3-7-14(9-13)20-2;/h3,6-7,9,12,15H,4-5,8,10-11,17H2,1-2H3;1H. The van der Waals surface area contributed by atoms with Crippen LogP contribution in [0.1, 0.15) is 25.3 Å². The molecule has 5 heteroatoms. The third-order valence-corrected chi connectivity index (χ3v) is 4.17. The van der Waals surface area contributed by atoms with E-state index in [4.69, 9.17) is 10.5 Å². The van der Waals surface area contributed by atoms with Crippen molar-refractivity contribution in [2.75, 3.05) is 20.2 Å². The SMILES string of the molecule is COc1cccc(CC(=O)N2CCCC(C)C2CN)c1.Cl. The van der Waals surface area contributed by atoms with Crippen LogP contribution in [0.2, 0.25) is 0 Å². The minimum Gasteiger partial charge on any atom is -0.497 e. The Bertz CT molecular complexity index is 467. The summed E-state index contributed by atoms with van der Waals surface area (Å²) in [7, 11) is 1.64. The minimum atomic E-state index is 0. The van der Waals surface area contributed by atoms with E-state index in [9.17, 15) is 4.79 Å². The molecule has 1 heterocycles. The third kappa shape index (κ3) is 4.35. The van der Waals surface area contributed by atoms with Crippen molar-refractivity contribution in [3.8, 4) is 5.75 Å². The van der Waals surface area contributed by atoms with Crippen LogP contribution in [0.3, 0.4) is 0 Å². The van der Waals surface area contributed by atoms with E-state index < -0.39 is 0 Å². The Hall–Kier alpha value is -1.26. The monoisotopic (exact) mass is 312 g/mol. The molecule has 0 bridgehead atoms. The number of amides is 1. The number of halogens is 1. The van der Waals surface area contributed by atoms with E-state index in [2.05, 4.69) is 6.92 Å². The molecule has 1 fully saturated rings. The molecule has 1 aromatic rings.